The molecule has 0 saturated heterocycles. The average molecular weight is 372 g/mol. The number of para-hydroxylation sites is 1. The molecule has 3 aromatic heterocycles. The van der Waals surface area contributed by atoms with Crippen molar-refractivity contribution in [3.63, 3.8) is 0 Å². The Morgan fingerprint density at radius 2 is 1.89 bits per heavy atom. The van der Waals surface area contributed by atoms with Crippen LogP contribution in [-0.2, 0) is 0 Å². The molecule has 1 aliphatic heterocycles. The number of benzene rings is 1. The summed E-state index contributed by atoms with van der Waals surface area (Å²) in [6.07, 6.45) is 11.1. The Bertz CT molecular complexity index is 1070. The van der Waals surface area contributed by atoms with E-state index in [1.807, 2.05) is 30.1 Å². The zero-order valence-electron chi connectivity index (χ0n) is 15.1. The summed E-state index contributed by atoms with van der Waals surface area (Å²) in [5.41, 5.74) is 5.33. The predicted octanol–water partition coefficient (Wildman–Crippen LogP) is 6.04. The van der Waals surface area contributed by atoms with Crippen LogP contribution in [0.4, 0.5) is 0 Å². The first-order valence-corrected chi connectivity index (χ1v) is 10.7. The molecule has 0 radical (unpaired) electrons. The Kier molecular flexibility index (Phi) is 3.48. The number of hydrogen-bond acceptors (Lipinski definition) is 3. The van der Waals surface area contributed by atoms with Gasteiger partial charge in [-0.1, -0.05) is 18.2 Å². The van der Waals surface area contributed by atoms with E-state index in [0.29, 0.717) is 17.9 Å². The molecule has 4 heterocycles. The molecule has 1 saturated carbocycles. The van der Waals surface area contributed by atoms with Gasteiger partial charge in [-0.15, -0.1) is 11.3 Å². The molecule has 27 heavy (non-hydrogen) atoms. The quantitative estimate of drug-likeness (QED) is 0.430. The van der Waals surface area contributed by atoms with Crippen molar-refractivity contribution >= 4 is 22.2 Å². The number of imidazole rings is 1. The normalized spacial score (nSPS) is 24.1. The third-order valence-electron chi connectivity index (χ3n) is 6.55. The summed E-state index contributed by atoms with van der Waals surface area (Å²) in [5.74, 6) is 1.36. The Morgan fingerprint density at radius 1 is 1.00 bits per heavy atom. The number of thiophene rings is 1. The van der Waals surface area contributed by atoms with Gasteiger partial charge in [-0.05, 0) is 66.7 Å². The Hall–Kier alpha value is -2.46. The van der Waals surface area contributed by atoms with Crippen molar-refractivity contribution < 1.29 is 0 Å². The Morgan fingerprint density at radius 3 is 2.81 bits per heavy atom. The second kappa shape index (κ2) is 6.03. The summed E-state index contributed by atoms with van der Waals surface area (Å²) >= 11 is 1.92. The molecule has 1 atom stereocenters. The topological polar surface area (TPSA) is 30.7 Å². The molecule has 4 aromatic rings. The summed E-state index contributed by atoms with van der Waals surface area (Å²) in [7, 11) is 0. The van der Waals surface area contributed by atoms with Crippen molar-refractivity contribution in [2.75, 3.05) is 0 Å². The smallest absolute Gasteiger partial charge is 0.0957 e. The van der Waals surface area contributed by atoms with E-state index in [1.165, 1.54) is 47.9 Å². The van der Waals surface area contributed by atoms with Crippen molar-refractivity contribution in [1.82, 2.24) is 14.5 Å². The predicted molar refractivity (Wildman–Crippen MR) is 110 cm³/mol. The zero-order valence-corrected chi connectivity index (χ0v) is 15.9. The van der Waals surface area contributed by atoms with Gasteiger partial charge in [-0.2, -0.15) is 0 Å². The van der Waals surface area contributed by atoms with Crippen molar-refractivity contribution in [2.45, 2.75) is 37.6 Å². The first-order chi connectivity index (χ1) is 13.4. The van der Waals surface area contributed by atoms with Gasteiger partial charge in [0.05, 0.1) is 29.8 Å². The van der Waals surface area contributed by atoms with Gasteiger partial charge in [-0.25, -0.2) is 4.98 Å². The maximum Gasteiger partial charge on any atom is 0.0957 e. The minimum Gasteiger partial charge on any atom is -0.322 e. The van der Waals surface area contributed by atoms with Crippen LogP contribution >= 0.6 is 11.3 Å². The molecular formula is C23H21N3S. The second-order valence-electron chi connectivity index (χ2n) is 7.86. The molecule has 0 unspecified atom stereocenters. The molecule has 0 bridgehead atoms. The van der Waals surface area contributed by atoms with Crippen molar-refractivity contribution in [2.24, 2.45) is 5.92 Å². The molecule has 1 fully saturated rings. The molecule has 0 N–H and O–H groups in total. The van der Waals surface area contributed by atoms with E-state index in [4.69, 9.17) is 0 Å². The Balaban J connectivity index is 1.28. The van der Waals surface area contributed by atoms with Gasteiger partial charge >= 0.3 is 0 Å². The van der Waals surface area contributed by atoms with Crippen LogP contribution in [0, 0.1) is 5.92 Å². The number of fused-ring (bicyclic) bond motifs is 4. The Labute approximate surface area is 162 Å². The van der Waals surface area contributed by atoms with Gasteiger partial charge in [0, 0.05) is 22.0 Å². The summed E-state index contributed by atoms with van der Waals surface area (Å²) in [6.45, 7) is 0. The maximum absolute atomic E-state index is 4.54. The fraction of sp³-hybridized carbons (Fsp3) is 0.304. The first-order valence-electron chi connectivity index (χ1n) is 9.83. The summed E-state index contributed by atoms with van der Waals surface area (Å²) in [4.78, 5) is 10.5. The fourth-order valence-corrected chi connectivity index (χ4v) is 6.38. The highest BCUT2D eigenvalue weighted by Crippen LogP contribution is 2.51. The zero-order chi connectivity index (χ0) is 17.8. The monoisotopic (exact) mass is 371 g/mol. The van der Waals surface area contributed by atoms with Gasteiger partial charge in [0.2, 0.25) is 0 Å². The number of hydrogen-bond donors (Lipinski definition) is 0. The molecule has 0 amide bonds. The van der Waals surface area contributed by atoms with Crippen LogP contribution in [0.3, 0.4) is 0 Å². The molecule has 1 aliphatic carbocycles. The lowest BCUT2D eigenvalue weighted by molar-refractivity contribution is 0.268. The molecule has 2 aliphatic rings. The molecule has 0 spiro atoms. The van der Waals surface area contributed by atoms with E-state index in [9.17, 15) is 0 Å². The first kappa shape index (κ1) is 15.6. The lowest BCUT2D eigenvalue weighted by Crippen LogP contribution is -2.22. The lowest BCUT2D eigenvalue weighted by Gasteiger charge is -2.33. The van der Waals surface area contributed by atoms with Gasteiger partial charge in [0.15, 0.2) is 0 Å². The van der Waals surface area contributed by atoms with E-state index < -0.39 is 0 Å². The van der Waals surface area contributed by atoms with Crippen LogP contribution in [-0.4, -0.2) is 14.5 Å². The third kappa shape index (κ3) is 2.32. The van der Waals surface area contributed by atoms with Gasteiger partial charge < -0.3 is 4.57 Å². The number of pyridine rings is 1. The fourth-order valence-electron chi connectivity index (χ4n) is 5.28. The molecule has 1 aromatic carbocycles. The molecule has 6 rings (SSSR count). The van der Waals surface area contributed by atoms with Crippen molar-refractivity contribution in [3.05, 3.63) is 70.9 Å². The number of aromatic nitrogens is 3. The SMILES string of the molecule is c1ccc2c(c1)nccc2[C@H]1CC[C@@H]([C@H]2c3sccc3-c3cncn32)CC1. The van der Waals surface area contributed by atoms with E-state index in [0.717, 1.165) is 5.52 Å². The van der Waals surface area contributed by atoms with E-state index >= 15 is 0 Å². The van der Waals surface area contributed by atoms with E-state index in [2.05, 4.69) is 56.3 Å². The van der Waals surface area contributed by atoms with Crippen LogP contribution in [0.25, 0.3) is 22.2 Å². The van der Waals surface area contributed by atoms with Gasteiger partial charge in [-0.3, -0.25) is 4.98 Å². The van der Waals surface area contributed by atoms with Crippen LogP contribution in [0.5, 0.6) is 0 Å². The highest BCUT2D eigenvalue weighted by Gasteiger charge is 2.37. The van der Waals surface area contributed by atoms with Crippen molar-refractivity contribution in [3.8, 4) is 11.3 Å². The number of rotatable bonds is 2. The lowest BCUT2D eigenvalue weighted by atomic mass is 9.75. The van der Waals surface area contributed by atoms with Crippen LogP contribution < -0.4 is 0 Å². The van der Waals surface area contributed by atoms with Crippen molar-refractivity contribution in [1.29, 1.82) is 0 Å². The summed E-state index contributed by atoms with van der Waals surface area (Å²) in [5, 5.41) is 3.57. The standard InChI is InChI=1S/C23H21N3S/c1-2-4-20-18(3-1)17(9-11-25-20)15-5-7-16(8-6-15)22-23-19(10-12-27-23)21-13-24-14-26(21)22/h1-4,9-16,22H,5-8H2/t15-,16+,22-/m0/s1. The highest BCUT2D eigenvalue weighted by atomic mass is 32.1. The second-order valence-corrected chi connectivity index (χ2v) is 8.81. The molecule has 4 heteroatoms. The molecule has 3 nitrogen and oxygen atoms in total. The van der Waals surface area contributed by atoms with Gasteiger partial charge in [0.25, 0.3) is 0 Å². The van der Waals surface area contributed by atoms with Gasteiger partial charge in [0.1, 0.15) is 0 Å². The minimum absolute atomic E-state index is 0.493. The maximum atomic E-state index is 4.54. The largest absolute Gasteiger partial charge is 0.322 e. The molecule has 134 valence electrons. The van der Waals surface area contributed by atoms with Crippen LogP contribution in [0.1, 0.15) is 48.1 Å². The van der Waals surface area contributed by atoms with Crippen LogP contribution in [0.2, 0.25) is 0 Å². The highest BCUT2D eigenvalue weighted by molar-refractivity contribution is 7.10. The van der Waals surface area contributed by atoms with E-state index in [1.54, 1.807) is 4.88 Å². The van der Waals surface area contributed by atoms with Crippen LogP contribution in [0.15, 0.2) is 60.5 Å². The minimum atomic E-state index is 0.493. The number of nitrogens with zero attached hydrogens (tertiary/aromatic N) is 3. The van der Waals surface area contributed by atoms with E-state index in [-0.39, 0.29) is 0 Å². The summed E-state index contributed by atoms with van der Waals surface area (Å²) in [6, 6.07) is 13.6. The molecular weight excluding hydrogens is 350 g/mol. The third-order valence-corrected chi connectivity index (χ3v) is 7.53. The average Bonchev–Trinajstić information content (AvgIpc) is 3.42. The summed E-state index contributed by atoms with van der Waals surface area (Å²) < 4.78 is 2.42.